The van der Waals surface area contributed by atoms with Crippen LogP contribution in [-0.4, -0.2) is 26.2 Å². The third-order valence-corrected chi connectivity index (χ3v) is 6.56. The molecule has 2 bridgehead atoms. The Bertz CT molecular complexity index is 877. The van der Waals surface area contributed by atoms with E-state index in [-0.39, 0.29) is 11.7 Å². The van der Waals surface area contributed by atoms with E-state index in [1.807, 2.05) is 37.3 Å². The van der Waals surface area contributed by atoms with Gasteiger partial charge in [-0.05, 0) is 43.9 Å². The van der Waals surface area contributed by atoms with E-state index in [9.17, 15) is 13.2 Å². The summed E-state index contributed by atoms with van der Waals surface area (Å²) >= 11 is 0. The molecule has 0 N–H and O–H groups in total. The summed E-state index contributed by atoms with van der Waals surface area (Å²) in [5.41, 5.74) is 1.38. The molecular weight excluding hydrogens is 362 g/mol. The molecule has 2 saturated carbocycles. The molecule has 2 aliphatic rings. The Balaban J connectivity index is 1.62. The molecule has 1 aromatic carbocycles. The number of aryl methyl sites for hydroxylation is 1. The average molecular weight is 388 g/mol. The molecule has 1 aromatic rings. The van der Waals surface area contributed by atoms with Gasteiger partial charge in [-0.15, -0.1) is 0 Å². The van der Waals surface area contributed by atoms with Crippen LogP contribution in [-0.2, 0) is 14.4 Å². The minimum Gasteiger partial charge on any atom is -0.287 e. The third-order valence-electron chi connectivity index (χ3n) is 5.41. The van der Waals surface area contributed by atoms with E-state index in [0.29, 0.717) is 17.4 Å². The third kappa shape index (κ3) is 5.63. The zero-order chi connectivity index (χ0) is 19.3. The molecule has 3 rings (SSSR count). The van der Waals surface area contributed by atoms with Gasteiger partial charge in [0.25, 0.3) is 0 Å². The van der Waals surface area contributed by atoms with Crippen molar-refractivity contribution in [2.75, 3.05) is 5.75 Å². The highest BCUT2D eigenvalue weighted by atomic mass is 32.2. The van der Waals surface area contributed by atoms with Crippen molar-refractivity contribution in [3.8, 4) is 0 Å². The van der Waals surface area contributed by atoms with Gasteiger partial charge >= 0.3 is 10.1 Å². The summed E-state index contributed by atoms with van der Waals surface area (Å²) in [6, 6.07) is 14.4. The number of Topliss-reactive ketones (excluding diaryl/α,β-unsaturated/α-hetero) is 1. The lowest BCUT2D eigenvalue weighted by Gasteiger charge is -2.20. The second kappa shape index (κ2) is 8.65. The van der Waals surface area contributed by atoms with Crippen molar-refractivity contribution in [1.29, 1.82) is 0 Å². The number of nitrogens with zero attached hydrogens (tertiary/aromatic N) is 1. The molecule has 0 aromatic heterocycles. The van der Waals surface area contributed by atoms with Crippen LogP contribution in [0.4, 0.5) is 0 Å². The van der Waals surface area contributed by atoms with Gasteiger partial charge < -0.3 is 0 Å². The topological polar surface area (TPSA) is 72.8 Å². The molecule has 5 nitrogen and oxygen atoms in total. The summed E-state index contributed by atoms with van der Waals surface area (Å²) in [5.74, 6) is 0.905. The van der Waals surface area contributed by atoms with E-state index in [2.05, 4.69) is 5.16 Å². The maximum absolute atomic E-state index is 12.3. The Hall–Kier alpha value is -2.21. The molecule has 27 heavy (non-hydrogen) atoms. The van der Waals surface area contributed by atoms with Crippen LogP contribution in [0, 0.1) is 24.7 Å². The predicted octanol–water partition coefficient (Wildman–Crippen LogP) is 4.07. The quantitative estimate of drug-likeness (QED) is 0.419. The number of rotatable bonds is 6. The molecule has 3 unspecified atom stereocenters. The largest absolute Gasteiger partial charge is 0.328 e. The molecule has 2 fully saturated rings. The second-order valence-corrected chi connectivity index (χ2v) is 9.07. The number of hydrogen-bond acceptors (Lipinski definition) is 5. The van der Waals surface area contributed by atoms with Crippen LogP contribution in [0.5, 0.6) is 0 Å². The number of carbonyl (C=O) groups excluding carboxylic acids is 1. The van der Waals surface area contributed by atoms with Crippen LogP contribution in [0.2, 0.25) is 0 Å². The number of oxime groups is 1. The van der Waals surface area contributed by atoms with E-state index in [4.69, 9.17) is 4.28 Å². The lowest BCUT2D eigenvalue weighted by atomic mass is 9.90. The van der Waals surface area contributed by atoms with Crippen molar-refractivity contribution < 1.29 is 17.5 Å². The maximum atomic E-state index is 12.3. The van der Waals surface area contributed by atoms with Crippen LogP contribution in [0.25, 0.3) is 0 Å². The highest BCUT2D eigenvalue weighted by Crippen LogP contribution is 2.48. The van der Waals surface area contributed by atoms with Gasteiger partial charge in [0.1, 0.15) is 6.21 Å². The summed E-state index contributed by atoms with van der Waals surface area (Å²) in [6.45, 7) is 1.92. The van der Waals surface area contributed by atoms with E-state index >= 15 is 0 Å². The van der Waals surface area contributed by atoms with E-state index in [0.717, 1.165) is 31.0 Å². The fraction of sp³-hybridized carbons (Fsp3) is 0.429. The summed E-state index contributed by atoms with van der Waals surface area (Å²) in [7, 11) is -3.77. The van der Waals surface area contributed by atoms with Gasteiger partial charge in [0.15, 0.2) is 0 Å². The van der Waals surface area contributed by atoms with Crippen molar-refractivity contribution in [2.24, 2.45) is 22.9 Å². The summed E-state index contributed by atoms with van der Waals surface area (Å²) in [5, 5.41) is 3.45. The molecule has 3 atom stereocenters. The highest BCUT2D eigenvalue weighted by molar-refractivity contribution is 7.86. The molecule has 0 heterocycles. The minimum atomic E-state index is -3.77. The maximum Gasteiger partial charge on any atom is 0.328 e. The predicted molar refractivity (Wildman–Crippen MR) is 105 cm³/mol. The lowest BCUT2D eigenvalue weighted by molar-refractivity contribution is 0.106. The molecule has 0 saturated heterocycles. The highest BCUT2D eigenvalue weighted by Gasteiger charge is 2.41. The second-order valence-electron chi connectivity index (χ2n) is 7.47. The average Bonchev–Trinajstić information content (AvgIpc) is 3.22. The van der Waals surface area contributed by atoms with Crippen LogP contribution < -0.4 is 0 Å². The van der Waals surface area contributed by atoms with Crippen molar-refractivity contribution in [2.45, 2.75) is 32.6 Å². The summed E-state index contributed by atoms with van der Waals surface area (Å²) in [4.78, 5) is 12.3. The lowest BCUT2D eigenvalue weighted by Crippen LogP contribution is -2.22. The number of ketones is 1. The van der Waals surface area contributed by atoms with Crippen LogP contribution in [0.15, 0.2) is 53.7 Å². The fourth-order valence-corrected chi connectivity index (χ4v) is 5.24. The Morgan fingerprint density at radius 2 is 1.89 bits per heavy atom. The molecule has 0 radical (unpaired) electrons. The van der Waals surface area contributed by atoms with E-state index < -0.39 is 15.9 Å². The zero-order valence-corrected chi connectivity index (χ0v) is 16.3. The van der Waals surface area contributed by atoms with Crippen LogP contribution in [0.3, 0.4) is 0 Å². The Kier molecular flexibility index (Phi) is 6.26. The molecule has 144 valence electrons. The number of fused-ring (bicyclic) bond motifs is 2. The standard InChI is InChI=1S/C21H25NO4S/c1-16-6-4-2-3-5-7-18(10-8-16)21(23)14-22-26-27(24,25)15-20-13-17-9-11-19(20)12-17/h2-8,10,14,17,19-20H,9,11-13,15H2,1H3/b3-2?,4-2?,5-3?,6-4?,7-5?,10-8?,16-6?,16-8?,18-7?,18-10?,22-14+. The smallest absolute Gasteiger partial charge is 0.287 e. The first-order chi connectivity index (χ1) is 12.9. The van der Waals surface area contributed by atoms with Crippen molar-refractivity contribution in [3.05, 3.63) is 59.7 Å². The molecule has 0 spiro atoms. The van der Waals surface area contributed by atoms with E-state index in [1.165, 1.54) is 6.42 Å². The van der Waals surface area contributed by atoms with Gasteiger partial charge in [-0.2, -0.15) is 8.42 Å². The number of carbonyl (C=O) groups is 1. The van der Waals surface area contributed by atoms with Gasteiger partial charge in [0.2, 0.25) is 5.78 Å². The molecule has 0 aliphatic heterocycles. The van der Waals surface area contributed by atoms with Crippen LogP contribution in [0.1, 0.15) is 41.6 Å². The van der Waals surface area contributed by atoms with Crippen molar-refractivity contribution in [1.82, 2.24) is 0 Å². The number of hydrogen-bond donors (Lipinski definition) is 0. The first-order valence-electron chi connectivity index (χ1n) is 9.32. The minimum absolute atomic E-state index is 0.0125. The monoisotopic (exact) mass is 387 g/mol. The Morgan fingerprint density at radius 3 is 2.59 bits per heavy atom. The Morgan fingerprint density at radius 1 is 1.11 bits per heavy atom. The van der Waals surface area contributed by atoms with Crippen molar-refractivity contribution >= 4 is 22.1 Å². The first-order valence-corrected chi connectivity index (χ1v) is 10.9. The molecule has 2 aliphatic carbocycles. The Labute approximate surface area is 160 Å². The van der Waals surface area contributed by atoms with Crippen LogP contribution >= 0.6 is 0 Å². The van der Waals surface area contributed by atoms with Gasteiger partial charge in [0, 0.05) is 5.56 Å². The van der Waals surface area contributed by atoms with Gasteiger partial charge in [-0.1, -0.05) is 65.7 Å². The molecule has 6 heteroatoms. The van der Waals surface area contributed by atoms with Gasteiger partial charge in [-0.3, -0.25) is 9.08 Å². The first kappa shape index (κ1) is 19.5. The summed E-state index contributed by atoms with van der Waals surface area (Å²) in [6.07, 6.45) is 5.35. The van der Waals surface area contributed by atoms with E-state index in [1.54, 1.807) is 18.2 Å². The van der Waals surface area contributed by atoms with Gasteiger partial charge in [0.05, 0.1) is 5.75 Å². The van der Waals surface area contributed by atoms with Crippen molar-refractivity contribution in [3.63, 3.8) is 0 Å². The SMILES string of the molecule is Cc1ccccccc(C(=O)/C=N/OS(=O)(=O)CC2CC3CCC2C3)cc1. The normalized spacial score (nSPS) is 24.0. The molecule has 0 amide bonds. The fourth-order valence-electron chi connectivity index (χ4n) is 4.07. The summed E-state index contributed by atoms with van der Waals surface area (Å²) < 4.78 is 29.0. The molecular formula is C21H25NO4S. The zero-order valence-electron chi connectivity index (χ0n) is 15.5. The van der Waals surface area contributed by atoms with Gasteiger partial charge in [-0.25, -0.2) is 0 Å².